The van der Waals surface area contributed by atoms with Gasteiger partial charge in [-0.2, -0.15) is 0 Å². The number of anilines is 1. The Bertz CT molecular complexity index is 1670. The van der Waals surface area contributed by atoms with Gasteiger partial charge in [0.25, 0.3) is 11.5 Å². The van der Waals surface area contributed by atoms with E-state index in [1.807, 2.05) is 18.2 Å². The van der Waals surface area contributed by atoms with Crippen molar-refractivity contribution < 1.29 is 18.3 Å². The Hall–Kier alpha value is -4.29. The number of hydrogen-bond donors (Lipinski definition) is 2. The van der Waals surface area contributed by atoms with Gasteiger partial charge in [0.1, 0.15) is 11.4 Å². The van der Waals surface area contributed by atoms with E-state index < -0.39 is 23.1 Å². The molecule has 2 aromatic heterocycles. The minimum Gasteiger partial charge on any atom is -0.379 e. The number of amides is 1. The quantitative estimate of drug-likeness (QED) is 0.321. The monoisotopic (exact) mass is 589 g/mol. The van der Waals surface area contributed by atoms with E-state index in [0.29, 0.717) is 23.2 Å². The third-order valence-corrected chi connectivity index (χ3v) is 8.15. The summed E-state index contributed by atoms with van der Waals surface area (Å²) in [5, 5.41) is 6.31. The summed E-state index contributed by atoms with van der Waals surface area (Å²) in [6.45, 7) is 3.78. The number of halogens is 2. The van der Waals surface area contributed by atoms with E-state index in [2.05, 4.69) is 25.5 Å². The van der Waals surface area contributed by atoms with Crippen LogP contribution in [0.2, 0.25) is 0 Å². The predicted molar refractivity (Wildman–Crippen MR) is 157 cm³/mol. The van der Waals surface area contributed by atoms with Crippen molar-refractivity contribution in [3.05, 3.63) is 93.8 Å². The molecule has 1 saturated heterocycles. The zero-order valence-corrected chi connectivity index (χ0v) is 23.6. The second-order valence-corrected chi connectivity index (χ2v) is 11.0. The van der Waals surface area contributed by atoms with Gasteiger partial charge in [0.05, 0.1) is 43.3 Å². The van der Waals surface area contributed by atoms with Crippen molar-refractivity contribution in [3.63, 3.8) is 0 Å². The first-order valence-electron chi connectivity index (χ1n) is 14.5. The van der Waals surface area contributed by atoms with Crippen molar-refractivity contribution in [2.75, 3.05) is 31.6 Å². The SMILES string of the molecule is O=C(NCc1ccc2ncc(N[C@H]3CC[C@H](N4CCOCC4)CC3)nc2c1)c1cncn(Cc2ccc(F)c(F)c2)c1=O. The zero-order chi connectivity index (χ0) is 29.8. The summed E-state index contributed by atoms with van der Waals surface area (Å²) in [6.07, 6.45) is 8.65. The van der Waals surface area contributed by atoms with Crippen LogP contribution in [0.5, 0.6) is 0 Å². The Labute approximate surface area is 247 Å². The van der Waals surface area contributed by atoms with Crippen molar-refractivity contribution >= 4 is 22.8 Å². The molecule has 2 aliphatic rings. The molecule has 3 heterocycles. The number of benzene rings is 2. The van der Waals surface area contributed by atoms with Crippen LogP contribution < -0.4 is 16.2 Å². The van der Waals surface area contributed by atoms with Gasteiger partial charge in [0.15, 0.2) is 11.6 Å². The highest BCUT2D eigenvalue weighted by Gasteiger charge is 2.27. The van der Waals surface area contributed by atoms with Gasteiger partial charge >= 0.3 is 0 Å². The highest BCUT2D eigenvalue weighted by molar-refractivity contribution is 5.93. The van der Waals surface area contributed by atoms with Crippen LogP contribution in [0, 0.1) is 11.6 Å². The van der Waals surface area contributed by atoms with Crippen molar-refractivity contribution in [3.8, 4) is 0 Å². The van der Waals surface area contributed by atoms with Crippen LogP contribution in [0.15, 0.2) is 59.9 Å². The topological polar surface area (TPSA) is 114 Å². The average molecular weight is 590 g/mol. The molecule has 224 valence electrons. The summed E-state index contributed by atoms with van der Waals surface area (Å²) < 4.78 is 33.5. The van der Waals surface area contributed by atoms with Gasteiger partial charge in [-0.05, 0) is 61.1 Å². The van der Waals surface area contributed by atoms with Crippen LogP contribution in [0.3, 0.4) is 0 Å². The first-order chi connectivity index (χ1) is 20.9. The maximum atomic E-state index is 13.6. The molecule has 1 saturated carbocycles. The number of nitrogens with zero attached hydrogens (tertiary/aromatic N) is 5. The molecule has 0 atom stereocenters. The Morgan fingerprint density at radius 3 is 2.53 bits per heavy atom. The summed E-state index contributed by atoms with van der Waals surface area (Å²) in [5.74, 6) is -1.86. The van der Waals surface area contributed by atoms with Crippen molar-refractivity contribution in [2.24, 2.45) is 0 Å². The van der Waals surface area contributed by atoms with E-state index in [1.165, 1.54) is 23.2 Å². The molecule has 4 aromatic rings. The van der Waals surface area contributed by atoms with Gasteiger partial charge < -0.3 is 15.4 Å². The molecule has 2 aromatic carbocycles. The van der Waals surface area contributed by atoms with E-state index >= 15 is 0 Å². The maximum Gasteiger partial charge on any atom is 0.266 e. The molecule has 1 aliphatic carbocycles. The van der Waals surface area contributed by atoms with Gasteiger partial charge in [-0.3, -0.25) is 24.0 Å². The van der Waals surface area contributed by atoms with Gasteiger partial charge in [0, 0.05) is 37.9 Å². The van der Waals surface area contributed by atoms with Crippen molar-refractivity contribution in [2.45, 2.75) is 50.9 Å². The van der Waals surface area contributed by atoms with E-state index in [0.717, 1.165) is 81.0 Å². The van der Waals surface area contributed by atoms with E-state index in [1.54, 1.807) is 6.20 Å². The number of hydrogen-bond acceptors (Lipinski definition) is 8. The standard InChI is InChI=1S/C31H33F2N7O3/c32-25-7-1-21(13-26(25)33)18-40-19-34-16-24(31(40)42)30(41)36-15-20-2-8-27-28(14-20)38-29(17-35-27)37-22-3-5-23(6-4-22)39-9-11-43-12-10-39/h1-2,7-8,13-14,16-17,19,22-23H,3-6,9-12,15,18H2,(H,36,41)(H,37,38)/t22-,23-. The number of rotatable bonds is 8. The van der Waals surface area contributed by atoms with Crippen molar-refractivity contribution in [1.29, 1.82) is 0 Å². The van der Waals surface area contributed by atoms with E-state index in [-0.39, 0.29) is 18.7 Å². The van der Waals surface area contributed by atoms with Crippen LogP contribution in [0.25, 0.3) is 11.0 Å². The fourth-order valence-corrected chi connectivity index (χ4v) is 5.80. The third-order valence-electron chi connectivity index (χ3n) is 8.15. The molecule has 0 spiro atoms. The molecule has 0 unspecified atom stereocenters. The van der Waals surface area contributed by atoms with Crippen LogP contribution in [0.4, 0.5) is 14.6 Å². The third kappa shape index (κ3) is 6.86. The minimum atomic E-state index is -1.01. The van der Waals surface area contributed by atoms with Crippen LogP contribution in [0.1, 0.15) is 47.2 Å². The highest BCUT2D eigenvalue weighted by atomic mass is 19.2. The smallest absolute Gasteiger partial charge is 0.266 e. The highest BCUT2D eigenvalue weighted by Crippen LogP contribution is 2.26. The Morgan fingerprint density at radius 1 is 0.953 bits per heavy atom. The lowest BCUT2D eigenvalue weighted by Gasteiger charge is -2.39. The van der Waals surface area contributed by atoms with Crippen LogP contribution in [-0.2, 0) is 17.8 Å². The van der Waals surface area contributed by atoms with Gasteiger partial charge in [0.2, 0.25) is 0 Å². The molecule has 1 amide bonds. The summed E-state index contributed by atoms with van der Waals surface area (Å²) in [6, 6.07) is 9.90. The van der Waals surface area contributed by atoms with Gasteiger partial charge in [-0.25, -0.2) is 18.7 Å². The average Bonchev–Trinajstić information content (AvgIpc) is 3.03. The van der Waals surface area contributed by atoms with Gasteiger partial charge in [-0.15, -0.1) is 0 Å². The summed E-state index contributed by atoms with van der Waals surface area (Å²) >= 11 is 0. The first-order valence-corrected chi connectivity index (χ1v) is 14.5. The molecule has 43 heavy (non-hydrogen) atoms. The molecule has 2 N–H and O–H groups in total. The second-order valence-electron chi connectivity index (χ2n) is 11.0. The number of ether oxygens (including phenoxy) is 1. The van der Waals surface area contributed by atoms with E-state index in [4.69, 9.17) is 9.72 Å². The van der Waals surface area contributed by atoms with Crippen LogP contribution in [-0.4, -0.2) is 68.7 Å². The lowest BCUT2D eigenvalue weighted by Crippen LogP contribution is -2.46. The molecular weight excluding hydrogens is 556 g/mol. The van der Waals surface area contributed by atoms with Gasteiger partial charge in [-0.1, -0.05) is 12.1 Å². The van der Waals surface area contributed by atoms with Crippen LogP contribution >= 0.6 is 0 Å². The normalized spacial score (nSPS) is 19.3. The molecule has 0 radical (unpaired) electrons. The molecule has 12 heteroatoms. The summed E-state index contributed by atoms with van der Waals surface area (Å²) in [4.78, 5) is 41.7. The lowest BCUT2D eigenvalue weighted by atomic mass is 9.90. The lowest BCUT2D eigenvalue weighted by molar-refractivity contribution is 0.00790. The minimum absolute atomic E-state index is 0.0564. The number of fused-ring (bicyclic) bond motifs is 1. The molecule has 1 aliphatic heterocycles. The maximum absolute atomic E-state index is 13.6. The Kier molecular flexibility index (Phi) is 8.66. The first kappa shape index (κ1) is 28.8. The molecule has 2 fully saturated rings. The second kappa shape index (κ2) is 12.9. The fourth-order valence-electron chi connectivity index (χ4n) is 5.80. The zero-order valence-electron chi connectivity index (χ0n) is 23.6. The number of carbonyl (C=O) groups excluding carboxylic acids is 1. The summed E-state index contributed by atoms with van der Waals surface area (Å²) in [7, 11) is 0. The molecule has 10 nitrogen and oxygen atoms in total. The number of aromatic nitrogens is 4. The Balaban J connectivity index is 1.07. The molecule has 0 bridgehead atoms. The summed E-state index contributed by atoms with van der Waals surface area (Å²) in [5.41, 5.74) is 1.87. The number of morpholine rings is 1. The number of carbonyl (C=O) groups is 1. The fraction of sp³-hybridized carbons (Fsp3) is 0.387. The molecule has 6 rings (SSSR count). The largest absolute Gasteiger partial charge is 0.379 e. The Morgan fingerprint density at radius 2 is 1.74 bits per heavy atom. The number of nitrogens with one attached hydrogen (secondary N) is 2. The molecular formula is C31H33F2N7O3. The predicted octanol–water partition coefficient (Wildman–Crippen LogP) is 3.50. The van der Waals surface area contributed by atoms with Crippen molar-refractivity contribution in [1.82, 2.24) is 29.7 Å². The van der Waals surface area contributed by atoms with E-state index in [9.17, 15) is 18.4 Å².